The molecule has 0 aliphatic rings. The van der Waals surface area contributed by atoms with Gasteiger partial charge in [0.1, 0.15) is 11.4 Å². The molecule has 0 aliphatic carbocycles. The maximum atomic E-state index is 13.0. The van der Waals surface area contributed by atoms with Gasteiger partial charge in [0.15, 0.2) is 0 Å². The molecule has 1 heterocycles. The minimum atomic E-state index is -4.74. The van der Waals surface area contributed by atoms with E-state index < -0.39 is 40.8 Å². The van der Waals surface area contributed by atoms with Crippen LogP contribution in [0.5, 0.6) is 0 Å². The standard InChI is InChI=1S/C13H8F3NO4/c14-13(15,16)7-3-1-2-4-8(7)17-9(11(18)19)5-6-10(17)12(20)21/h1-6H,(H,18,19)(H,20,21). The van der Waals surface area contributed by atoms with E-state index in [0.29, 0.717) is 4.57 Å². The van der Waals surface area contributed by atoms with Crippen molar-refractivity contribution in [3.8, 4) is 5.69 Å². The highest BCUT2D eigenvalue weighted by molar-refractivity contribution is 5.93. The van der Waals surface area contributed by atoms with E-state index in [1.165, 1.54) is 6.07 Å². The Morgan fingerprint density at radius 1 is 0.905 bits per heavy atom. The number of aromatic nitrogens is 1. The van der Waals surface area contributed by atoms with Crippen LogP contribution in [0.25, 0.3) is 5.69 Å². The zero-order valence-electron chi connectivity index (χ0n) is 10.3. The SMILES string of the molecule is O=C(O)c1ccc(C(=O)O)n1-c1ccccc1C(F)(F)F. The van der Waals surface area contributed by atoms with Crippen molar-refractivity contribution in [2.45, 2.75) is 6.18 Å². The average Bonchev–Trinajstić information content (AvgIpc) is 2.82. The van der Waals surface area contributed by atoms with Gasteiger partial charge in [-0.1, -0.05) is 12.1 Å². The van der Waals surface area contributed by atoms with Crippen molar-refractivity contribution in [1.29, 1.82) is 0 Å². The summed E-state index contributed by atoms with van der Waals surface area (Å²) in [5.74, 6) is -3.06. The second kappa shape index (κ2) is 4.97. The lowest BCUT2D eigenvalue weighted by Gasteiger charge is -2.16. The summed E-state index contributed by atoms with van der Waals surface area (Å²) in [4.78, 5) is 22.2. The lowest BCUT2D eigenvalue weighted by Crippen LogP contribution is -2.17. The van der Waals surface area contributed by atoms with Crippen LogP contribution in [0.15, 0.2) is 36.4 Å². The number of para-hydroxylation sites is 1. The molecular weight excluding hydrogens is 291 g/mol. The molecule has 0 saturated carbocycles. The van der Waals surface area contributed by atoms with Crippen molar-refractivity contribution in [2.75, 3.05) is 0 Å². The quantitative estimate of drug-likeness (QED) is 0.913. The molecule has 21 heavy (non-hydrogen) atoms. The summed E-state index contributed by atoms with van der Waals surface area (Å²) in [6.45, 7) is 0. The molecule has 0 saturated heterocycles. The molecule has 1 aromatic heterocycles. The average molecular weight is 299 g/mol. The molecule has 8 heteroatoms. The van der Waals surface area contributed by atoms with Gasteiger partial charge < -0.3 is 10.2 Å². The fourth-order valence-corrected chi connectivity index (χ4v) is 1.94. The van der Waals surface area contributed by atoms with Crippen LogP contribution in [-0.2, 0) is 6.18 Å². The van der Waals surface area contributed by atoms with Crippen molar-refractivity contribution < 1.29 is 33.0 Å². The summed E-state index contributed by atoms with van der Waals surface area (Å²) in [5.41, 5.74) is -2.80. The van der Waals surface area contributed by atoms with Crippen molar-refractivity contribution >= 4 is 11.9 Å². The molecule has 0 amide bonds. The summed E-state index contributed by atoms with van der Waals surface area (Å²) in [6.07, 6.45) is -4.74. The van der Waals surface area contributed by atoms with Gasteiger partial charge in [-0.15, -0.1) is 0 Å². The van der Waals surface area contributed by atoms with Crippen LogP contribution in [0.2, 0.25) is 0 Å². The first kappa shape index (κ1) is 14.6. The van der Waals surface area contributed by atoms with Crippen LogP contribution in [0.3, 0.4) is 0 Å². The third-order valence-electron chi connectivity index (χ3n) is 2.77. The predicted molar refractivity (Wildman–Crippen MR) is 64.7 cm³/mol. The molecule has 0 aliphatic heterocycles. The second-order valence-corrected chi connectivity index (χ2v) is 4.06. The molecular formula is C13H8F3NO4. The Labute approximate surface area is 115 Å². The molecule has 0 fully saturated rings. The van der Waals surface area contributed by atoms with E-state index in [2.05, 4.69) is 0 Å². The Hall–Kier alpha value is -2.77. The van der Waals surface area contributed by atoms with Gasteiger partial charge >= 0.3 is 18.1 Å². The number of carboxylic acid groups (broad SMARTS) is 2. The molecule has 2 aromatic rings. The first-order chi connectivity index (χ1) is 9.73. The van der Waals surface area contributed by atoms with Gasteiger partial charge in [0, 0.05) is 0 Å². The number of rotatable bonds is 3. The highest BCUT2D eigenvalue weighted by Crippen LogP contribution is 2.35. The minimum absolute atomic E-state index is 0.551. The molecule has 0 spiro atoms. The maximum absolute atomic E-state index is 13.0. The summed E-state index contributed by atoms with van der Waals surface area (Å²) in [7, 11) is 0. The van der Waals surface area contributed by atoms with Gasteiger partial charge in [0.25, 0.3) is 0 Å². The van der Waals surface area contributed by atoms with Crippen LogP contribution >= 0.6 is 0 Å². The normalized spacial score (nSPS) is 11.4. The van der Waals surface area contributed by atoms with Crippen molar-refractivity contribution in [3.05, 3.63) is 53.3 Å². The number of alkyl halides is 3. The maximum Gasteiger partial charge on any atom is 0.418 e. The Morgan fingerprint density at radius 2 is 1.38 bits per heavy atom. The lowest BCUT2D eigenvalue weighted by molar-refractivity contribution is -0.137. The fraction of sp³-hybridized carbons (Fsp3) is 0.0769. The summed E-state index contributed by atoms with van der Waals surface area (Å²) in [6, 6.07) is 6.06. The smallest absolute Gasteiger partial charge is 0.418 e. The Kier molecular flexibility index (Phi) is 3.46. The molecule has 110 valence electrons. The number of carbonyl (C=O) groups is 2. The largest absolute Gasteiger partial charge is 0.477 e. The third kappa shape index (κ3) is 2.60. The van der Waals surface area contributed by atoms with Gasteiger partial charge in [-0.2, -0.15) is 13.2 Å². The van der Waals surface area contributed by atoms with Gasteiger partial charge in [-0.25, -0.2) is 9.59 Å². The number of halogens is 3. The number of benzene rings is 1. The first-order valence-corrected chi connectivity index (χ1v) is 5.58. The molecule has 0 bridgehead atoms. The van der Waals surface area contributed by atoms with Crippen molar-refractivity contribution in [1.82, 2.24) is 4.57 Å². The predicted octanol–water partition coefficient (Wildman–Crippen LogP) is 2.89. The van der Waals surface area contributed by atoms with E-state index in [4.69, 9.17) is 10.2 Å². The number of carboxylic acids is 2. The molecule has 1 aromatic carbocycles. The van der Waals surface area contributed by atoms with Crippen molar-refractivity contribution in [2.24, 2.45) is 0 Å². The summed E-state index contributed by atoms with van der Waals surface area (Å²) < 4.78 is 39.6. The van der Waals surface area contributed by atoms with Crippen LogP contribution < -0.4 is 0 Å². The summed E-state index contributed by atoms with van der Waals surface area (Å²) >= 11 is 0. The Balaban J connectivity index is 2.81. The van der Waals surface area contributed by atoms with E-state index >= 15 is 0 Å². The zero-order valence-corrected chi connectivity index (χ0v) is 10.3. The number of aromatic carboxylic acids is 2. The topological polar surface area (TPSA) is 79.5 Å². The molecule has 2 rings (SSSR count). The number of nitrogens with zero attached hydrogens (tertiary/aromatic N) is 1. The first-order valence-electron chi connectivity index (χ1n) is 5.58. The summed E-state index contributed by atoms with van der Waals surface area (Å²) in [5, 5.41) is 18.0. The highest BCUT2D eigenvalue weighted by atomic mass is 19.4. The monoisotopic (exact) mass is 299 g/mol. The second-order valence-electron chi connectivity index (χ2n) is 4.06. The van der Waals surface area contributed by atoms with E-state index in [-0.39, 0.29) is 0 Å². The third-order valence-corrected chi connectivity index (χ3v) is 2.77. The molecule has 5 nitrogen and oxygen atoms in total. The Bertz CT molecular complexity index is 687. The highest BCUT2D eigenvalue weighted by Gasteiger charge is 2.35. The van der Waals surface area contributed by atoms with E-state index in [1.54, 1.807) is 0 Å². The lowest BCUT2D eigenvalue weighted by atomic mass is 10.1. The fourth-order valence-electron chi connectivity index (χ4n) is 1.94. The molecule has 0 radical (unpaired) electrons. The van der Waals surface area contributed by atoms with Gasteiger partial charge in [0.2, 0.25) is 0 Å². The molecule has 2 N–H and O–H groups in total. The van der Waals surface area contributed by atoms with Gasteiger partial charge in [-0.05, 0) is 24.3 Å². The Morgan fingerprint density at radius 3 is 1.81 bits per heavy atom. The van der Waals surface area contributed by atoms with Crippen LogP contribution in [0, 0.1) is 0 Å². The van der Waals surface area contributed by atoms with E-state index in [0.717, 1.165) is 30.3 Å². The molecule has 0 atom stereocenters. The van der Waals surface area contributed by atoms with Crippen LogP contribution in [-0.4, -0.2) is 26.7 Å². The van der Waals surface area contributed by atoms with Gasteiger partial charge in [0.05, 0.1) is 11.3 Å². The molecule has 0 unspecified atom stereocenters. The van der Waals surface area contributed by atoms with Crippen LogP contribution in [0.4, 0.5) is 13.2 Å². The number of hydrogen-bond donors (Lipinski definition) is 2. The van der Waals surface area contributed by atoms with Gasteiger partial charge in [-0.3, -0.25) is 4.57 Å². The van der Waals surface area contributed by atoms with E-state index in [1.807, 2.05) is 0 Å². The zero-order chi connectivity index (χ0) is 15.8. The van der Waals surface area contributed by atoms with E-state index in [9.17, 15) is 22.8 Å². The number of hydrogen-bond acceptors (Lipinski definition) is 2. The minimum Gasteiger partial charge on any atom is -0.477 e. The van der Waals surface area contributed by atoms with Crippen molar-refractivity contribution in [3.63, 3.8) is 0 Å². The van der Waals surface area contributed by atoms with Crippen LogP contribution in [0.1, 0.15) is 26.5 Å².